The zero-order chi connectivity index (χ0) is 14.7. The molecule has 0 fully saturated rings. The lowest BCUT2D eigenvalue weighted by atomic mass is 10.0. The molecule has 2 aromatic carbocycles. The Hall–Kier alpha value is -2.49. The fourth-order valence-corrected chi connectivity index (χ4v) is 2.56. The SMILES string of the molecule is O=C(Cc1ccc(O)cc1)Nc1ccc2c(c1)CCCN2. The van der Waals surface area contributed by atoms with E-state index in [1.165, 1.54) is 5.56 Å². The van der Waals surface area contributed by atoms with Crippen LogP contribution in [0.5, 0.6) is 5.75 Å². The number of amides is 1. The van der Waals surface area contributed by atoms with Crippen molar-refractivity contribution in [3.05, 3.63) is 53.6 Å². The number of carbonyl (C=O) groups is 1. The monoisotopic (exact) mass is 282 g/mol. The second kappa shape index (κ2) is 5.87. The predicted molar refractivity (Wildman–Crippen MR) is 83.7 cm³/mol. The fraction of sp³-hybridized carbons (Fsp3) is 0.235. The van der Waals surface area contributed by atoms with E-state index in [0.29, 0.717) is 6.42 Å². The van der Waals surface area contributed by atoms with E-state index in [0.717, 1.165) is 36.3 Å². The maximum absolute atomic E-state index is 12.0. The number of hydrogen-bond acceptors (Lipinski definition) is 3. The predicted octanol–water partition coefficient (Wildman–Crippen LogP) is 2.93. The van der Waals surface area contributed by atoms with Crippen molar-refractivity contribution in [2.45, 2.75) is 19.3 Å². The second-order valence-electron chi connectivity index (χ2n) is 5.29. The normalized spacial score (nSPS) is 13.1. The second-order valence-corrected chi connectivity index (χ2v) is 5.29. The number of rotatable bonds is 3. The summed E-state index contributed by atoms with van der Waals surface area (Å²) in [5.41, 5.74) is 4.13. The van der Waals surface area contributed by atoms with Gasteiger partial charge in [0.2, 0.25) is 5.91 Å². The molecule has 0 unspecified atom stereocenters. The summed E-state index contributed by atoms with van der Waals surface area (Å²) in [5, 5.41) is 15.5. The molecule has 0 saturated heterocycles. The van der Waals surface area contributed by atoms with Gasteiger partial charge in [0.25, 0.3) is 0 Å². The van der Waals surface area contributed by atoms with E-state index in [1.807, 2.05) is 18.2 Å². The first-order valence-electron chi connectivity index (χ1n) is 7.15. The number of nitrogens with one attached hydrogen (secondary N) is 2. The lowest BCUT2D eigenvalue weighted by Crippen LogP contribution is -2.16. The van der Waals surface area contributed by atoms with Crippen molar-refractivity contribution in [3.8, 4) is 5.75 Å². The topological polar surface area (TPSA) is 61.4 Å². The highest BCUT2D eigenvalue weighted by molar-refractivity contribution is 5.92. The van der Waals surface area contributed by atoms with Gasteiger partial charge in [-0.05, 0) is 54.3 Å². The van der Waals surface area contributed by atoms with Gasteiger partial charge < -0.3 is 15.7 Å². The minimum absolute atomic E-state index is 0.0515. The minimum Gasteiger partial charge on any atom is -0.508 e. The summed E-state index contributed by atoms with van der Waals surface area (Å²) < 4.78 is 0. The molecule has 0 aromatic heterocycles. The van der Waals surface area contributed by atoms with Crippen molar-refractivity contribution >= 4 is 17.3 Å². The molecule has 0 saturated carbocycles. The number of anilines is 2. The van der Waals surface area contributed by atoms with Crippen molar-refractivity contribution in [2.75, 3.05) is 17.2 Å². The fourth-order valence-electron chi connectivity index (χ4n) is 2.56. The van der Waals surface area contributed by atoms with Crippen LogP contribution in [0.25, 0.3) is 0 Å². The van der Waals surface area contributed by atoms with E-state index < -0.39 is 0 Å². The van der Waals surface area contributed by atoms with Crippen LogP contribution in [-0.4, -0.2) is 17.6 Å². The van der Waals surface area contributed by atoms with Gasteiger partial charge in [-0.3, -0.25) is 4.79 Å². The summed E-state index contributed by atoms with van der Waals surface area (Å²) in [6.07, 6.45) is 2.47. The maximum Gasteiger partial charge on any atom is 0.228 e. The molecule has 4 nitrogen and oxygen atoms in total. The first-order chi connectivity index (χ1) is 10.2. The first-order valence-corrected chi connectivity index (χ1v) is 7.15. The summed E-state index contributed by atoms with van der Waals surface area (Å²) in [5.74, 6) is 0.158. The Labute approximate surface area is 123 Å². The highest BCUT2D eigenvalue weighted by Crippen LogP contribution is 2.25. The van der Waals surface area contributed by atoms with Crippen molar-refractivity contribution in [2.24, 2.45) is 0 Å². The van der Waals surface area contributed by atoms with Crippen molar-refractivity contribution < 1.29 is 9.90 Å². The van der Waals surface area contributed by atoms with E-state index >= 15 is 0 Å². The summed E-state index contributed by atoms with van der Waals surface area (Å²) in [6.45, 7) is 1.01. The van der Waals surface area contributed by atoms with Crippen LogP contribution in [0.15, 0.2) is 42.5 Å². The molecule has 4 heteroatoms. The van der Waals surface area contributed by atoms with E-state index in [9.17, 15) is 9.90 Å². The van der Waals surface area contributed by atoms with Gasteiger partial charge in [-0.15, -0.1) is 0 Å². The van der Waals surface area contributed by atoms with Gasteiger partial charge in [0.15, 0.2) is 0 Å². The molecule has 0 atom stereocenters. The number of hydrogen-bond donors (Lipinski definition) is 3. The third kappa shape index (κ3) is 3.34. The summed E-state index contributed by atoms with van der Waals surface area (Å²) in [7, 11) is 0. The average molecular weight is 282 g/mol. The quantitative estimate of drug-likeness (QED) is 0.811. The molecule has 1 amide bonds. The Morgan fingerprint density at radius 1 is 1.19 bits per heavy atom. The van der Waals surface area contributed by atoms with Crippen LogP contribution in [0.3, 0.4) is 0 Å². The number of benzene rings is 2. The largest absolute Gasteiger partial charge is 0.508 e. The minimum atomic E-state index is -0.0515. The van der Waals surface area contributed by atoms with Crippen LogP contribution in [0.2, 0.25) is 0 Å². The molecule has 1 aliphatic heterocycles. The Kier molecular flexibility index (Phi) is 3.77. The summed E-state index contributed by atoms with van der Waals surface area (Å²) >= 11 is 0. The first kappa shape index (κ1) is 13.5. The number of aryl methyl sites for hydroxylation is 1. The molecule has 1 heterocycles. The standard InChI is InChI=1S/C17H18N2O2/c20-15-6-3-12(4-7-15)10-17(21)19-14-5-8-16-13(11-14)2-1-9-18-16/h3-8,11,18,20H,1-2,9-10H2,(H,19,21). The van der Waals surface area contributed by atoms with Gasteiger partial charge in [-0.1, -0.05) is 12.1 Å². The molecule has 0 aliphatic carbocycles. The van der Waals surface area contributed by atoms with Gasteiger partial charge in [-0.25, -0.2) is 0 Å². The molecule has 21 heavy (non-hydrogen) atoms. The van der Waals surface area contributed by atoms with Crippen LogP contribution in [0.1, 0.15) is 17.5 Å². The lowest BCUT2D eigenvalue weighted by molar-refractivity contribution is -0.115. The van der Waals surface area contributed by atoms with Crippen LogP contribution >= 0.6 is 0 Å². The van der Waals surface area contributed by atoms with Crippen LogP contribution in [0, 0.1) is 0 Å². The third-order valence-electron chi connectivity index (χ3n) is 3.63. The van der Waals surface area contributed by atoms with Gasteiger partial charge >= 0.3 is 0 Å². The van der Waals surface area contributed by atoms with E-state index in [-0.39, 0.29) is 11.7 Å². The molecule has 3 rings (SSSR count). The summed E-state index contributed by atoms with van der Waals surface area (Å²) in [6, 6.07) is 12.7. The number of phenols is 1. The molecule has 0 spiro atoms. The van der Waals surface area contributed by atoms with Crippen molar-refractivity contribution in [1.82, 2.24) is 0 Å². The Morgan fingerprint density at radius 2 is 2.00 bits per heavy atom. The van der Waals surface area contributed by atoms with Gasteiger partial charge in [0.1, 0.15) is 5.75 Å². The van der Waals surface area contributed by atoms with Gasteiger partial charge in [-0.2, -0.15) is 0 Å². The molecule has 3 N–H and O–H groups in total. The molecule has 0 bridgehead atoms. The highest BCUT2D eigenvalue weighted by Gasteiger charge is 2.10. The Balaban J connectivity index is 1.65. The summed E-state index contributed by atoms with van der Waals surface area (Å²) in [4.78, 5) is 12.0. The van der Waals surface area contributed by atoms with Crippen LogP contribution in [0.4, 0.5) is 11.4 Å². The van der Waals surface area contributed by atoms with Gasteiger partial charge in [0.05, 0.1) is 6.42 Å². The third-order valence-corrected chi connectivity index (χ3v) is 3.63. The number of phenolic OH excluding ortho intramolecular Hbond substituents is 1. The van der Waals surface area contributed by atoms with Crippen molar-refractivity contribution in [3.63, 3.8) is 0 Å². The van der Waals surface area contributed by atoms with E-state index in [1.54, 1.807) is 24.3 Å². The zero-order valence-corrected chi connectivity index (χ0v) is 11.7. The Bertz CT molecular complexity index is 650. The maximum atomic E-state index is 12.0. The van der Waals surface area contributed by atoms with Crippen LogP contribution in [-0.2, 0) is 17.6 Å². The van der Waals surface area contributed by atoms with E-state index in [2.05, 4.69) is 10.6 Å². The average Bonchev–Trinajstić information content (AvgIpc) is 2.49. The smallest absolute Gasteiger partial charge is 0.228 e. The molecule has 2 aromatic rings. The molecular weight excluding hydrogens is 264 g/mol. The number of aromatic hydroxyl groups is 1. The number of carbonyl (C=O) groups excluding carboxylic acids is 1. The highest BCUT2D eigenvalue weighted by atomic mass is 16.3. The molecule has 108 valence electrons. The van der Waals surface area contributed by atoms with Gasteiger partial charge in [0, 0.05) is 17.9 Å². The lowest BCUT2D eigenvalue weighted by Gasteiger charge is -2.18. The molecule has 0 radical (unpaired) electrons. The van der Waals surface area contributed by atoms with Crippen molar-refractivity contribution in [1.29, 1.82) is 0 Å². The van der Waals surface area contributed by atoms with Crippen LogP contribution < -0.4 is 10.6 Å². The molecular formula is C17H18N2O2. The van der Waals surface area contributed by atoms with E-state index in [4.69, 9.17) is 0 Å². The number of fused-ring (bicyclic) bond motifs is 1. The molecule has 1 aliphatic rings. The Morgan fingerprint density at radius 3 is 2.81 bits per heavy atom. The zero-order valence-electron chi connectivity index (χ0n) is 11.7.